The normalized spacial score (nSPS) is 11.3. The summed E-state index contributed by atoms with van der Waals surface area (Å²) in [5.74, 6) is 0.295. The third kappa shape index (κ3) is 3.61. The van der Waals surface area contributed by atoms with Crippen LogP contribution in [0.25, 0.3) is 0 Å². The molecule has 0 spiro atoms. The van der Waals surface area contributed by atoms with E-state index in [-0.39, 0.29) is 11.6 Å². The molecule has 1 aromatic heterocycles. The number of phenolic OH excluding ortho intramolecular Hbond substituents is 1. The zero-order valence-corrected chi connectivity index (χ0v) is 9.78. The highest BCUT2D eigenvalue weighted by Gasteiger charge is 2.32. The molecule has 0 bridgehead atoms. The van der Waals surface area contributed by atoms with Crippen molar-refractivity contribution in [1.29, 1.82) is 0 Å². The van der Waals surface area contributed by atoms with Crippen LogP contribution in [0.5, 0.6) is 5.75 Å². The van der Waals surface area contributed by atoms with Crippen molar-refractivity contribution in [2.24, 2.45) is 0 Å². The zero-order valence-electron chi connectivity index (χ0n) is 9.78. The molecule has 1 aromatic carbocycles. The number of phenols is 1. The second kappa shape index (κ2) is 5.17. The van der Waals surface area contributed by atoms with Gasteiger partial charge in [0.15, 0.2) is 0 Å². The van der Waals surface area contributed by atoms with Crippen LogP contribution in [0, 0.1) is 0 Å². The number of pyridine rings is 1. The molecule has 100 valence electrons. The molecular weight excluding hydrogens is 257 g/mol. The average Bonchev–Trinajstić information content (AvgIpc) is 2.37. The summed E-state index contributed by atoms with van der Waals surface area (Å²) < 4.78 is 37.4. The van der Waals surface area contributed by atoms with Crippen LogP contribution in [-0.4, -0.2) is 10.1 Å². The van der Waals surface area contributed by atoms with Gasteiger partial charge in [-0.1, -0.05) is 18.2 Å². The van der Waals surface area contributed by atoms with Gasteiger partial charge in [0.05, 0.1) is 0 Å². The van der Waals surface area contributed by atoms with Crippen LogP contribution in [0.3, 0.4) is 0 Å². The van der Waals surface area contributed by atoms with Crippen LogP contribution in [-0.2, 0) is 12.7 Å². The summed E-state index contributed by atoms with van der Waals surface area (Å²) in [6.07, 6.45) is -4.45. The number of aromatic hydroxyl groups is 1. The molecule has 0 fully saturated rings. The SMILES string of the molecule is Oc1ccc(CNc2cccc(C(F)(F)F)n2)cc1. The van der Waals surface area contributed by atoms with Crippen LogP contribution in [0.15, 0.2) is 42.5 Å². The molecule has 0 amide bonds. The fourth-order valence-corrected chi connectivity index (χ4v) is 1.50. The molecular formula is C13H11F3N2O. The van der Waals surface area contributed by atoms with E-state index in [1.165, 1.54) is 24.3 Å². The van der Waals surface area contributed by atoms with Crippen LogP contribution in [0.2, 0.25) is 0 Å². The van der Waals surface area contributed by atoms with Crippen LogP contribution in [0.1, 0.15) is 11.3 Å². The number of halogens is 3. The number of benzene rings is 1. The van der Waals surface area contributed by atoms with Crippen LogP contribution in [0.4, 0.5) is 19.0 Å². The van der Waals surface area contributed by atoms with E-state index < -0.39 is 11.9 Å². The van der Waals surface area contributed by atoms with Crippen LogP contribution >= 0.6 is 0 Å². The van der Waals surface area contributed by atoms with Crippen molar-refractivity contribution in [1.82, 2.24) is 4.98 Å². The lowest BCUT2D eigenvalue weighted by molar-refractivity contribution is -0.141. The number of alkyl halides is 3. The minimum absolute atomic E-state index is 0.140. The summed E-state index contributed by atoms with van der Waals surface area (Å²) in [4.78, 5) is 3.49. The first-order valence-electron chi connectivity index (χ1n) is 5.51. The topological polar surface area (TPSA) is 45.1 Å². The smallest absolute Gasteiger partial charge is 0.433 e. The van der Waals surface area contributed by atoms with Crippen molar-refractivity contribution in [3.8, 4) is 5.75 Å². The average molecular weight is 268 g/mol. The summed E-state index contributed by atoms with van der Waals surface area (Å²) in [7, 11) is 0. The Balaban J connectivity index is 2.05. The first-order valence-corrected chi connectivity index (χ1v) is 5.51. The Hall–Kier alpha value is -2.24. The Morgan fingerprint density at radius 1 is 1.05 bits per heavy atom. The Morgan fingerprint density at radius 2 is 1.74 bits per heavy atom. The number of aromatic nitrogens is 1. The van der Waals surface area contributed by atoms with E-state index in [2.05, 4.69) is 10.3 Å². The van der Waals surface area contributed by atoms with Crippen LogP contribution < -0.4 is 5.32 Å². The molecule has 0 aliphatic heterocycles. The van der Waals surface area contributed by atoms with E-state index in [9.17, 15) is 13.2 Å². The monoisotopic (exact) mass is 268 g/mol. The number of anilines is 1. The highest BCUT2D eigenvalue weighted by Crippen LogP contribution is 2.28. The predicted octanol–water partition coefficient (Wildman–Crippen LogP) is 3.42. The quantitative estimate of drug-likeness (QED) is 0.896. The minimum atomic E-state index is -4.45. The third-order valence-electron chi connectivity index (χ3n) is 2.45. The Kier molecular flexibility index (Phi) is 3.59. The summed E-state index contributed by atoms with van der Waals surface area (Å²) in [6.45, 7) is 0.328. The van der Waals surface area contributed by atoms with Crippen molar-refractivity contribution in [3.05, 3.63) is 53.7 Å². The molecule has 0 saturated carbocycles. The number of nitrogens with one attached hydrogen (secondary N) is 1. The van der Waals surface area contributed by atoms with Gasteiger partial charge in [-0.25, -0.2) is 4.98 Å². The molecule has 2 aromatic rings. The second-order valence-electron chi connectivity index (χ2n) is 3.93. The molecule has 0 unspecified atom stereocenters. The standard InChI is InChI=1S/C13H11F3N2O/c14-13(15,16)11-2-1-3-12(18-11)17-8-9-4-6-10(19)7-5-9/h1-7,19H,8H2,(H,17,18). The number of nitrogens with zero attached hydrogens (tertiary/aromatic N) is 1. The maximum atomic E-state index is 12.5. The Labute approximate surface area is 107 Å². The number of rotatable bonds is 3. The van der Waals surface area contributed by atoms with E-state index in [1.807, 2.05) is 0 Å². The summed E-state index contributed by atoms with van der Waals surface area (Å²) in [5, 5.41) is 11.9. The first kappa shape index (κ1) is 13.2. The van der Waals surface area contributed by atoms with Gasteiger partial charge < -0.3 is 10.4 Å². The van der Waals surface area contributed by atoms with Gasteiger partial charge in [-0.3, -0.25) is 0 Å². The molecule has 0 saturated heterocycles. The predicted molar refractivity (Wildman–Crippen MR) is 64.7 cm³/mol. The lowest BCUT2D eigenvalue weighted by Crippen LogP contribution is -2.10. The molecule has 0 aliphatic carbocycles. The molecule has 2 rings (SSSR count). The van der Waals surface area contributed by atoms with Gasteiger partial charge in [0.2, 0.25) is 0 Å². The Morgan fingerprint density at radius 3 is 2.37 bits per heavy atom. The van der Waals surface area contributed by atoms with Crippen molar-refractivity contribution >= 4 is 5.82 Å². The van der Waals surface area contributed by atoms with Crippen molar-refractivity contribution in [2.45, 2.75) is 12.7 Å². The van der Waals surface area contributed by atoms with Gasteiger partial charge in [0.1, 0.15) is 17.3 Å². The minimum Gasteiger partial charge on any atom is -0.508 e. The highest BCUT2D eigenvalue weighted by molar-refractivity contribution is 5.37. The lowest BCUT2D eigenvalue weighted by atomic mass is 10.2. The second-order valence-corrected chi connectivity index (χ2v) is 3.93. The van der Waals surface area contributed by atoms with E-state index in [4.69, 9.17) is 5.11 Å². The van der Waals surface area contributed by atoms with E-state index in [0.29, 0.717) is 6.54 Å². The third-order valence-corrected chi connectivity index (χ3v) is 2.45. The van der Waals surface area contributed by atoms with Crippen molar-refractivity contribution in [3.63, 3.8) is 0 Å². The largest absolute Gasteiger partial charge is 0.508 e. The van der Waals surface area contributed by atoms with E-state index in [0.717, 1.165) is 11.6 Å². The van der Waals surface area contributed by atoms with E-state index >= 15 is 0 Å². The lowest BCUT2D eigenvalue weighted by Gasteiger charge is -2.09. The molecule has 0 radical (unpaired) electrons. The van der Waals surface area contributed by atoms with Crippen molar-refractivity contribution in [2.75, 3.05) is 5.32 Å². The maximum Gasteiger partial charge on any atom is 0.433 e. The molecule has 2 N–H and O–H groups in total. The number of hydrogen-bond donors (Lipinski definition) is 2. The summed E-state index contributed by atoms with van der Waals surface area (Å²) >= 11 is 0. The molecule has 19 heavy (non-hydrogen) atoms. The molecule has 0 aliphatic rings. The molecule has 3 nitrogen and oxygen atoms in total. The van der Waals surface area contributed by atoms with Gasteiger partial charge in [-0.15, -0.1) is 0 Å². The zero-order chi connectivity index (χ0) is 13.9. The molecule has 1 heterocycles. The van der Waals surface area contributed by atoms with Gasteiger partial charge in [0, 0.05) is 6.54 Å². The summed E-state index contributed by atoms with van der Waals surface area (Å²) in [6, 6.07) is 10.1. The summed E-state index contributed by atoms with van der Waals surface area (Å²) in [5.41, 5.74) is -0.0970. The fourth-order valence-electron chi connectivity index (χ4n) is 1.50. The Bertz CT molecular complexity index is 553. The van der Waals surface area contributed by atoms with Crippen molar-refractivity contribution < 1.29 is 18.3 Å². The number of hydrogen-bond acceptors (Lipinski definition) is 3. The van der Waals surface area contributed by atoms with Gasteiger partial charge >= 0.3 is 6.18 Å². The molecule has 0 atom stereocenters. The molecule has 6 heteroatoms. The van der Waals surface area contributed by atoms with E-state index in [1.54, 1.807) is 12.1 Å². The highest BCUT2D eigenvalue weighted by atomic mass is 19.4. The van der Waals surface area contributed by atoms with Gasteiger partial charge in [0.25, 0.3) is 0 Å². The fraction of sp³-hybridized carbons (Fsp3) is 0.154. The first-order chi connectivity index (χ1) is 8.95. The van der Waals surface area contributed by atoms with Gasteiger partial charge in [-0.2, -0.15) is 13.2 Å². The maximum absolute atomic E-state index is 12.5. The van der Waals surface area contributed by atoms with Gasteiger partial charge in [-0.05, 0) is 29.8 Å².